The zero-order chi connectivity index (χ0) is 24.2. The predicted octanol–water partition coefficient (Wildman–Crippen LogP) is 6.66. The summed E-state index contributed by atoms with van der Waals surface area (Å²) in [6.07, 6.45) is 4.38. The van der Waals surface area contributed by atoms with Gasteiger partial charge in [-0.05, 0) is 67.8 Å². The van der Waals surface area contributed by atoms with Crippen LogP contribution in [0.5, 0.6) is 0 Å². The van der Waals surface area contributed by atoms with Gasteiger partial charge < -0.3 is 4.57 Å². The first-order valence-electron chi connectivity index (χ1n) is 10.8. The van der Waals surface area contributed by atoms with Crippen LogP contribution in [0.1, 0.15) is 29.9 Å². The summed E-state index contributed by atoms with van der Waals surface area (Å²) in [5.41, 5.74) is 1.84. The molecule has 0 bridgehead atoms. The van der Waals surface area contributed by atoms with Crippen molar-refractivity contribution in [2.24, 2.45) is 0 Å². The second-order valence-electron chi connectivity index (χ2n) is 7.92. The van der Waals surface area contributed by atoms with Crippen LogP contribution >= 0.6 is 11.6 Å². The number of hydrogen-bond acceptors (Lipinski definition) is 2. The molecule has 1 heterocycles. The molecule has 0 fully saturated rings. The molecule has 176 valence electrons. The van der Waals surface area contributed by atoms with E-state index in [0.29, 0.717) is 22.9 Å². The van der Waals surface area contributed by atoms with Crippen molar-refractivity contribution in [3.63, 3.8) is 0 Å². The molecule has 1 aromatic heterocycles. The zero-order valence-corrected chi connectivity index (χ0v) is 20.4. The second kappa shape index (κ2) is 10.5. The monoisotopic (exact) mass is 499 g/mol. The van der Waals surface area contributed by atoms with Gasteiger partial charge in [0.1, 0.15) is 17.5 Å². The average molecular weight is 500 g/mol. The zero-order valence-electron chi connectivity index (χ0n) is 18.8. The molecule has 0 saturated carbocycles. The third-order valence-corrected chi connectivity index (χ3v) is 7.54. The first kappa shape index (κ1) is 24.1. The number of hydrogen-bond donors (Lipinski definition) is 0. The Balaban J connectivity index is 1.75. The molecule has 8 heteroatoms. The van der Waals surface area contributed by atoms with Crippen molar-refractivity contribution in [3.8, 4) is 0 Å². The highest BCUT2D eigenvalue weighted by atomic mass is 35.5. The van der Waals surface area contributed by atoms with Crippen molar-refractivity contribution in [2.75, 3.05) is 4.31 Å². The van der Waals surface area contributed by atoms with E-state index < -0.39 is 28.7 Å². The van der Waals surface area contributed by atoms with Gasteiger partial charge in [0.15, 0.2) is 11.0 Å². The molecule has 4 aromatic rings. The molecule has 0 aliphatic carbocycles. The first-order valence-corrected chi connectivity index (χ1v) is 12.3. The van der Waals surface area contributed by atoms with Crippen LogP contribution in [0.3, 0.4) is 0 Å². The molecule has 34 heavy (non-hydrogen) atoms. The summed E-state index contributed by atoms with van der Waals surface area (Å²) in [5, 5.41) is 0.498. The Hall–Kier alpha value is -3.03. The third-order valence-electron chi connectivity index (χ3n) is 5.74. The van der Waals surface area contributed by atoms with Crippen molar-refractivity contribution >= 4 is 28.3 Å². The fourth-order valence-corrected chi connectivity index (χ4v) is 5.38. The first-order chi connectivity index (χ1) is 16.3. The van der Waals surface area contributed by atoms with Crippen molar-refractivity contribution in [3.05, 3.63) is 113 Å². The Kier molecular flexibility index (Phi) is 7.44. The summed E-state index contributed by atoms with van der Waals surface area (Å²) < 4.78 is 46.3. The number of imidazole rings is 1. The SMILES string of the molecule is Cc1nccn1CCc1ccccc1[C@@H](C)N(c1cc(F)ccc1F)S(=O)c1ccc(Cl)cc1. The fourth-order valence-electron chi connectivity index (χ4n) is 3.94. The predicted molar refractivity (Wildman–Crippen MR) is 132 cm³/mol. The molecule has 2 atom stereocenters. The van der Waals surface area contributed by atoms with Crippen molar-refractivity contribution in [1.82, 2.24) is 9.55 Å². The summed E-state index contributed by atoms with van der Waals surface area (Å²) >= 11 is 6.00. The van der Waals surface area contributed by atoms with Crippen LogP contribution < -0.4 is 4.31 Å². The quantitative estimate of drug-likeness (QED) is 0.272. The molecule has 3 aromatic carbocycles. The number of aromatic nitrogens is 2. The van der Waals surface area contributed by atoms with Crippen LogP contribution in [-0.2, 0) is 24.0 Å². The van der Waals surface area contributed by atoms with Crippen LogP contribution in [0.15, 0.2) is 84.0 Å². The van der Waals surface area contributed by atoms with E-state index >= 15 is 0 Å². The van der Waals surface area contributed by atoms with Crippen LogP contribution in [0.2, 0.25) is 5.02 Å². The number of nitrogens with zero attached hydrogens (tertiary/aromatic N) is 3. The summed E-state index contributed by atoms with van der Waals surface area (Å²) in [4.78, 5) is 4.70. The molecule has 0 radical (unpaired) electrons. The standard InChI is InChI=1S/C26H24ClF2N3OS/c1-18(24-6-4-3-5-20(24)13-15-31-16-14-30-19(31)2)32(26-17-22(28)9-12-25(26)29)34(33)23-10-7-21(27)8-11-23/h3-12,14,16-18H,13,15H2,1-2H3/t18-,34?/m1/s1. The minimum Gasteiger partial charge on any atom is -0.335 e. The molecule has 0 N–H and O–H groups in total. The minimum absolute atomic E-state index is 0.0685. The van der Waals surface area contributed by atoms with E-state index in [2.05, 4.69) is 9.55 Å². The summed E-state index contributed by atoms with van der Waals surface area (Å²) in [7, 11) is -1.82. The lowest BCUT2D eigenvalue weighted by Gasteiger charge is -2.31. The molecule has 1 unspecified atom stereocenters. The Bertz CT molecular complexity index is 1310. The summed E-state index contributed by atoms with van der Waals surface area (Å²) in [6, 6.07) is 16.9. The Morgan fingerprint density at radius 3 is 2.53 bits per heavy atom. The van der Waals surface area contributed by atoms with Gasteiger partial charge in [-0.1, -0.05) is 35.9 Å². The van der Waals surface area contributed by atoms with E-state index in [0.717, 1.165) is 35.2 Å². The smallest absolute Gasteiger partial charge is 0.153 e. The fraction of sp³-hybridized carbons (Fsp3) is 0.192. The topological polar surface area (TPSA) is 38.1 Å². The summed E-state index contributed by atoms with van der Waals surface area (Å²) in [5.74, 6) is -0.342. The van der Waals surface area contributed by atoms with Crippen molar-refractivity contribution < 1.29 is 13.0 Å². The Labute approximate surface area is 205 Å². The number of anilines is 1. The lowest BCUT2D eigenvalue weighted by atomic mass is 9.98. The highest BCUT2D eigenvalue weighted by Crippen LogP contribution is 2.35. The van der Waals surface area contributed by atoms with Gasteiger partial charge in [-0.15, -0.1) is 0 Å². The molecular weight excluding hydrogens is 476 g/mol. The van der Waals surface area contributed by atoms with E-state index in [4.69, 9.17) is 11.6 Å². The molecule has 0 spiro atoms. The van der Waals surface area contributed by atoms with Gasteiger partial charge >= 0.3 is 0 Å². The van der Waals surface area contributed by atoms with E-state index in [1.165, 1.54) is 4.31 Å². The number of halogens is 3. The molecule has 4 rings (SSSR count). The lowest BCUT2D eigenvalue weighted by molar-refractivity contribution is 0.593. The van der Waals surface area contributed by atoms with Crippen LogP contribution in [0, 0.1) is 18.6 Å². The highest BCUT2D eigenvalue weighted by molar-refractivity contribution is 7.86. The molecule has 0 saturated heterocycles. The number of benzene rings is 3. The Morgan fingerprint density at radius 1 is 1.09 bits per heavy atom. The van der Waals surface area contributed by atoms with Gasteiger partial charge in [-0.25, -0.2) is 18.0 Å². The molecule has 0 aliphatic heterocycles. The van der Waals surface area contributed by atoms with E-state index in [9.17, 15) is 13.0 Å². The van der Waals surface area contributed by atoms with Gasteiger partial charge in [0.2, 0.25) is 0 Å². The number of aryl methyl sites for hydroxylation is 3. The number of rotatable bonds is 8. The van der Waals surface area contributed by atoms with Crippen molar-refractivity contribution in [1.29, 1.82) is 0 Å². The molecular formula is C26H24ClF2N3OS. The molecule has 4 nitrogen and oxygen atoms in total. The largest absolute Gasteiger partial charge is 0.335 e. The lowest BCUT2D eigenvalue weighted by Crippen LogP contribution is -2.31. The van der Waals surface area contributed by atoms with E-state index in [1.807, 2.05) is 44.3 Å². The van der Waals surface area contributed by atoms with E-state index in [1.54, 1.807) is 30.5 Å². The van der Waals surface area contributed by atoms with Gasteiger partial charge in [0.25, 0.3) is 0 Å². The normalized spacial score (nSPS) is 13.0. The van der Waals surface area contributed by atoms with Crippen LogP contribution in [0.4, 0.5) is 14.5 Å². The van der Waals surface area contributed by atoms with Crippen LogP contribution in [-0.4, -0.2) is 13.8 Å². The van der Waals surface area contributed by atoms with Crippen LogP contribution in [0.25, 0.3) is 0 Å². The minimum atomic E-state index is -1.82. The maximum Gasteiger partial charge on any atom is 0.153 e. The van der Waals surface area contributed by atoms with Gasteiger partial charge in [-0.2, -0.15) is 0 Å². The van der Waals surface area contributed by atoms with Crippen molar-refractivity contribution in [2.45, 2.75) is 37.8 Å². The van der Waals surface area contributed by atoms with E-state index in [-0.39, 0.29) is 5.69 Å². The van der Waals surface area contributed by atoms with Gasteiger partial charge in [0, 0.05) is 30.0 Å². The average Bonchev–Trinajstić information content (AvgIpc) is 3.25. The Morgan fingerprint density at radius 2 is 1.82 bits per heavy atom. The maximum absolute atomic E-state index is 14.9. The third kappa shape index (κ3) is 5.21. The summed E-state index contributed by atoms with van der Waals surface area (Å²) in [6.45, 7) is 4.50. The molecule has 0 amide bonds. The van der Waals surface area contributed by atoms with Gasteiger partial charge in [-0.3, -0.25) is 4.31 Å². The second-order valence-corrected chi connectivity index (χ2v) is 9.72. The highest BCUT2D eigenvalue weighted by Gasteiger charge is 2.28. The van der Waals surface area contributed by atoms with Gasteiger partial charge in [0.05, 0.1) is 16.6 Å². The molecule has 0 aliphatic rings. The maximum atomic E-state index is 14.9.